The first kappa shape index (κ1) is 12.9. The fourth-order valence-electron chi connectivity index (χ4n) is 1.09. The van der Waals surface area contributed by atoms with Gasteiger partial charge in [0.25, 0.3) is 0 Å². The monoisotopic (exact) mass is 302 g/mol. The summed E-state index contributed by atoms with van der Waals surface area (Å²) in [5.41, 5.74) is 0.214. The molecule has 0 bridgehead atoms. The predicted octanol–water partition coefficient (Wildman–Crippen LogP) is 2.67. The van der Waals surface area contributed by atoms with E-state index in [-0.39, 0.29) is 17.3 Å². The number of aromatic nitrogens is 1. The highest BCUT2D eigenvalue weighted by Crippen LogP contribution is 2.25. The molecule has 0 aliphatic heterocycles. The molecule has 0 aliphatic carbocycles. The number of hydrogen-bond acceptors (Lipinski definition) is 4. The van der Waals surface area contributed by atoms with E-state index in [0.717, 1.165) is 0 Å². The number of nitriles is 1. The van der Waals surface area contributed by atoms with Gasteiger partial charge in [-0.15, -0.1) is 0 Å². The minimum absolute atomic E-state index is 0.213. The van der Waals surface area contributed by atoms with Crippen LogP contribution >= 0.6 is 27.5 Å². The van der Waals surface area contributed by atoms with Crippen molar-refractivity contribution in [1.82, 2.24) is 4.98 Å². The maximum Gasteiger partial charge on any atom is 0.329 e. The Morgan fingerprint density at radius 2 is 2.50 bits per heavy atom. The second-order valence-electron chi connectivity index (χ2n) is 2.83. The molecule has 16 heavy (non-hydrogen) atoms. The molecular weight excluding hydrogens is 295 g/mol. The average molecular weight is 304 g/mol. The maximum absolute atomic E-state index is 11.5. The lowest BCUT2D eigenvalue weighted by Crippen LogP contribution is -2.16. The van der Waals surface area contributed by atoms with Crippen LogP contribution in [0.15, 0.2) is 16.7 Å². The molecule has 1 aromatic rings. The van der Waals surface area contributed by atoms with Gasteiger partial charge in [0.05, 0.1) is 23.4 Å². The van der Waals surface area contributed by atoms with E-state index in [1.54, 1.807) is 13.0 Å². The van der Waals surface area contributed by atoms with Crippen LogP contribution in [0.25, 0.3) is 0 Å². The van der Waals surface area contributed by atoms with Crippen molar-refractivity contribution in [1.29, 1.82) is 5.26 Å². The lowest BCUT2D eigenvalue weighted by Gasteiger charge is -2.09. The Balaban J connectivity index is 3.05. The van der Waals surface area contributed by atoms with E-state index in [9.17, 15) is 4.79 Å². The molecule has 0 aromatic carbocycles. The van der Waals surface area contributed by atoms with Gasteiger partial charge in [0, 0.05) is 10.7 Å². The predicted molar refractivity (Wildman–Crippen MR) is 61.9 cm³/mol. The zero-order valence-corrected chi connectivity index (χ0v) is 10.7. The molecule has 1 heterocycles. The Labute approximate surface area is 106 Å². The van der Waals surface area contributed by atoms with Crippen LogP contribution in [0.5, 0.6) is 0 Å². The van der Waals surface area contributed by atoms with Gasteiger partial charge in [-0.2, -0.15) is 5.26 Å². The summed E-state index contributed by atoms with van der Waals surface area (Å²) in [6, 6.07) is 3.40. The largest absolute Gasteiger partial charge is 0.465 e. The molecular formula is C10H8BrClN2O2. The Hall–Kier alpha value is -1.12. The summed E-state index contributed by atoms with van der Waals surface area (Å²) in [5.74, 6) is -1.72. The quantitative estimate of drug-likeness (QED) is 0.805. The number of hydrogen-bond donors (Lipinski definition) is 0. The number of carbonyl (C=O) groups excluding carboxylic acids is 1. The number of nitrogens with zero attached hydrogens (tertiary/aromatic N) is 2. The van der Waals surface area contributed by atoms with Crippen LogP contribution in [0.3, 0.4) is 0 Å². The van der Waals surface area contributed by atoms with Crippen molar-refractivity contribution in [3.8, 4) is 6.07 Å². The topological polar surface area (TPSA) is 63.0 Å². The zero-order chi connectivity index (χ0) is 12.1. The highest BCUT2D eigenvalue weighted by atomic mass is 79.9. The molecule has 1 aromatic heterocycles. The standard InChI is InChI=1S/C10H8BrClN2O2/c1-2-16-10(15)7(4-13)9-8(12)3-6(11)5-14-9/h3,5,7H,2H2,1H3. The van der Waals surface area contributed by atoms with Gasteiger partial charge in [0.2, 0.25) is 0 Å². The van der Waals surface area contributed by atoms with Crippen LogP contribution in [-0.4, -0.2) is 17.6 Å². The van der Waals surface area contributed by atoms with Gasteiger partial charge < -0.3 is 4.74 Å². The van der Waals surface area contributed by atoms with Gasteiger partial charge in [-0.25, -0.2) is 0 Å². The van der Waals surface area contributed by atoms with Crippen LogP contribution < -0.4 is 0 Å². The van der Waals surface area contributed by atoms with Gasteiger partial charge in [0.15, 0.2) is 5.92 Å². The maximum atomic E-state index is 11.5. The lowest BCUT2D eigenvalue weighted by molar-refractivity contribution is -0.143. The number of rotatable bonds is 3. The third kappa shape index (κ3) is 2.94. The summed E-state index contributed by atoms with van der Waals surface area (Å²) in [6.45, 7) is 1.88. The summed E-state index contributed by atoms with van der Waals surface area (Å²) >= 11 is 9.08. The van der Waals surface area contributed by atoms with Crippen molar-refractivity contribution in [2.24, 2.45) is 0 Å². The Bertz CT molecular complexity index is 445. The van der Waals surface area contributed by atoms with E-state index in [1.807, 2.05) is 6.07 Å². The van der Waals surface area contributed by atoms with Crippen molar-refractivity contribution in [3.63, 3.8) is 0 Å². The molecule has 1 rings (SSSR count). The molecule has 0 spiro atoms. The van der Waals surface area contributed by atoms with E-state index in [2.05, 4.69) is 20.9 Å². The molecule has 1 unspecified atom stereocenters. The fraction of sp³-hybridized carbons (Fsp3) is 0.300. The third-order valence-electron chi connectivity index (χ3n) is 1.76. The zero-order valence-electron chi connectivity index (χ0n) is 8.41. The molecule has 0 radical (unpaired) electrons. The minimum Gasteiger partial charge on any atom is -0.465 e. The second kappa shape index (κ2) is 5.83. The van der Waals surface area contributed by atoms with Gasteiger partial charge in [-0.05, 0) is 28.9 Å². The molecule has 84 valence electrons. The molecule has 0 aliphatic rings. The number of pyridine rings is 1. The van der Waals surface area contributed by atoms with Crippen LogP contribution in [-0.2, 0) is 9.53 Å². The Kier molecular flexibility index (Phi) is 4.71. The van der Waals surface area contributed by atoms with Crippen molar-refractivity contribution in [2.45, 2.75) is 12.8 Å². The Morgan fingerprint density at radius 1 is 1.81 bits per heavy atom. The minimum atomic E-state index is -1.08. The highest BCUT2D eigenvalue weighted by Gasteiger charge is 2.25. The van der Waals surface area contributed by atoms with Crippen molar-refractivity contribution >= 4 is 33.5 Å². The number of ether oxygens (including phenoxy) is 1. The van der Waals surface area contributed by atoms with E-state index in [0.29, 0.717) is 4.47 Å². The first-order chi connectivity index (χ1) is 7.60. The van der Waals surface area contributed by atoms with Gasteiger partial charge >= 0.3 is 5.97 Å². The van der Waals surface area contributed by atoms with E-state index in [1.165, 1.54) is 6.20 Å². The average Bonchev–Trinajstić information content (AvgIpc) is 2.22. The summed E-state index contributed by atoms with van der Waals surface area (Å²) in [7, 11) is 0. The normalized spacial score (nSPS) is 11.6. The van der Waals surface area contributed by atoms with Gasteiger partial charge in [-0.3, -0.25) is 9.78 Å². The van der Waals surface area contributed by atoms with Gasteiger partial charge in [0.1, 0.15) is 0 Å². The smallest absolute Gasteiger partial charge is 0.329 e. The molecule has 6 heteroatoms. The van der Waals surface area contributed by atoms with E-state index in [4.69, 9.17) is 21.6 Å². The SMILES string of the molecule is CCOC(=O)C(C#N)c1ncc(Br)cc1Cl. The van der Waals surface area contributed by atoms with Crippen molar-refractivity contribution < 1.29 is 9.53 Å². The Morgan fingerprint density at radius 3 is 3.00 bits per heavy atom. The van der Waals surface area contributed by atoms with Gasteiger partial charge in [-0.1, -0.05) is 11.6 Å². The summed E-state index contributed by atoms with van der Waals surface area (Å²) in [5, 5.41) is 9.17. The van der Waals surface area contributed by atoms with Crippen LogP contribution in [0.4, 0.5) is 0 Å². The summed E-state index contributed by atoms with van der Waals surface area (Å²) in [4.78, 5) is 15.4. The first-order valence-corrected chi connectivity index (χ1v) is 5.64. The summed E-state index contributed by atoms with van der Waals surface area (Å²) in [6.07, 6.45) is 1.48. The molecule has 0 fully saturated rings. The van der Waals surface area contributed by atoms with E-state index < -0.39 is 11.9 Å². The van der Waals surface area contributed by atoms with Crippen molar-refractivity contribution in [2.75, 3.05) is 6.61 Å². The lowest BCUT2D eigenvalue weighted by atomic mass is 10.1. The molecule has 0 amide bonds. The van der Waals surface area contributed by atoms with Crippen LogP contribution in [0.2, 0.25) is 5.02 Å². The number of carbonyl (C=O) groups is 1. The van der Waals surface area contributed by atoms with Crippen LogP contribution in [0, 0.1) is 11.3 Å². The number of halogens is 2. The highest BCUT2D eigenvalue weighted by molar-refractivity contribution is 9.10. The number of esters is 1. The third-order valence-corrected chi connectivity index (χ3v) is 2.50. The van der Waals surface area contributed by atoms with Crippen LogP contribution in [0.1, 0.15) is 18.5 Å². The van der Waals surface area contributed by atoms with Crippen molar-refractivity contribution in [3.05, 3.63) is 27.5 Å². The molecule has 0 saturated carbocycles. The first-order valence-electron chi connectivity index (χ1n) is 4.47. The molecule has 0 N–H and O–H groups in total. The molecule has 1 atom stereocenters. The second-order valence-corrected chi connectivity index (χ2v) is 4.16. The molecule has 4 nitrogen and oxygen atoms in total. The van der Waals surface area contributed by atoms with E-state index >= 15 is 0 Å². The molecule has 0 saturated heterocycles. The fourth-order valence-corrected chi connectivity index (χ4v) is 1.83. The summed E-state index contributed by atoms with van der Waals surface area (Å²) < 4.78 is 5.44.